The lowest BCUT2D eigenvalue weighted by Gasteiger charge is -2.00. The van der Waals surface area contributed by atoms with Crippen molar-refractivity contribution in [1.82, 2.24) is 5.32 Å². The van der Waals surface area contributed by atoms with Crippen LogP contribution in [0.2, 0.25) is 0 Å². The molecule has 4 rings (SSSR count). The van der Waals surface area contributed by atoms with Gasteiger partial charge in [0, 0.05) is 11.6 Å². The van der Waals surface area contributed by atoms with Gasteiger partial charge in [-0.3, -0.25) is 4.79 Å². The van der Waals surface area contributed by atoms with Crippen molar-refractivity contribution in [2.45, 2.75) is 13.8 Å². The number of amidine groups is 1. The van der Waals surface area contributed by atoms with Crippen molar-refractivity contribution in [1.29, 1.82) is 0 Å². The maximum absolute atomic E-state index is 13.4. The molecule has 6 heteroatoms. The average molecular weight is 392 g/mol. The lowest BCUT2D eigenvalue weighted by atomic mass is 10.1. The molecule has 0 saturated carbocycles. The molecule has 0 radical (unpaired) electrons. The van der Waals surface area contributed by atoms with E-state index in [1.807, 2.05) is 26.0 Å². The molecule has 0 spiro atoms. The Morgan fingerprint density at radius 2 is 1.86 bits per heavy atom. The van der Waals surface area contributed by atoms with Crippen molar-refractivity contribution in [3.05, 3.63) is 82.2 Å². The molecule has 0 unspecified atom stereocenters. The Morgan fingerprint density at radius 1 is 1.07 bits per heavy atom. The summed E-state index contributed by atoms with van der Waals surface area (Å²) in [6, 6.07) is 15.7. The molecule has 3 aromatic rings. The van der Waals surface area contributed by atoms with Crippen LogP contribution in [0.1, 0.15) is 16.9 Å². The quantitative estimate of drug-likeness (QED) is 0.591. The Kier molecular flexibility index (Phi) is 4.88. The fraction of sp³-hybridized carbons (Fsp3) is 0.0909. The lowest BCUT2D eigenvalue weighted by Crippen LogP contribution is -2.19. The van der Waals surface area contributed by atoms with E-state index in [-0.39, 0.29) is 11.7 Å². The van der Waals surface area contributed by atoms with Crippen LogP contribution in [-0.2, 0) is 4.79 Å². The van der Waals surface area contributed by atoms with Crippen LogP contribution in [0.15, 0.2) is 68.9 Å². The largest absolute Gasteiger partial charge is 0.457 e. The molecule has 2 heterocycles. The first kappa shape index (κ1) is 18.3. The van der Waals surface area contributed by atoms with Crippen molar-refractivity contribution >= 4 is 34.6 Å². The molecule has 1 fully saturated rings. The number of nitrogens with one attached hydrogen (secondary N) is 1. The van der Waals surface area contributed by atoms with Crippen LogP contribution in [0.3, 0.4) is 0 Å². The fourth-order valence-corrected chi connectivity index (χ4v) is 3.79. The van der Waals surface area contributed by atoms with Gasteiger partial charge >= 0.3 is 0 Å². The monoisotopic (exact) mass is 392 g/mol. The molecule has 1 N–H and O–H groups in total. The number of amides is 1. The molecule has 4 nitrogen and oxygen atoms in total. The van der Waals surface area contributed by atoms with Crippen LogP contribution < -0.4 is 5.32 Å². The van der Waals surface area contributed by atoms with Crippen molar-refractivity contribution in [2.24, 2.45) is 4.99 Å². The summed E-state index contributed by atoms with van der Waals surface area (Å²) in [7, 11) is 0. The Morgan fingerprint density at radius 3 is 2.61 bits per heavy atom. The first-order chi connectivity index (χ1) is 13.5. The van der Waals surface area contributed by atoms with Gasteiger partial charge in [-0.25, -0.2) is 9.38 Å². The van der Waals surface area contributed by atoms with Gasteiger partial charge in [0.2, 0.25) is 0 Å². The van der Waals surface area contributed by atoms with Crippen molar-refractivity contribution in [3.63, 3.8) is 0 Å². The topological polar surface area (TPSA) is 54.6 Å². The van der Waals surface area contributed by atoms with E-state index >= 15 is 0 Å². The van der Waals surface area contributed by atoms with Crippen LogP contribution >= 0.6 is 11.8 Å². The molecule has 1 aromatic heterocycles. The number of rotatable bonds is 3. The predicted molar refractivity (Wildman–Crippen MR) is 111 cm³/mol. The first-order valence-corrected chi connectivity index (χ1v) is 9.51. The highest BCUT2D eigenvalue weighted by atomic mass is 32.2. The Labute approximate surface area is 166 Å². The zero-order valence-corrected chi connectivity index (χ0v) is 16.1. The van der Waals surface area contributed by atoms with Crippen LogP contribution in [0, 0.1) is 19.7 Å². The van der Waals surface area contributed by atoms with E-state index in [9.17, 15) is 9.18 Å². The summed E-state index contributed by atoms with van der Waals surface area (Å²) in [5.41, 5.74) is 3.67. The highest BCUT2D eigenvalue weighted by Gasteiger charge is 2.24. The standard InChI is InChI=1S/C22H17FN2O2S/c1-13-8-14(2)10-17(9-13)24-22-25-21(26)20(28-22)12-18-6-7-19(27-18)15-4-3-5-16(23)11-15/h3-12H,1-2H3,(H,24,25,26)/b20-12-. The van der Waals surface area contributed by atoms with Crippen molar-refractivity contribution < 1.29 is 13.6 Å². The number of aryl methyl sites for hydroxylation is 2. The number of furan rings is 1. The minimum absolute atomic E-state index is 0.225. The van der Waals surface area contributed by atoms with Gasteiger partial charge in [0.15, 0.2) is 5.17 Å². The minimum atomic E-state index is -0.327. The number of benzene rings is 2. The third-order valence-electron chi connectivity index (χ3n) is 4.10. The molecular formula is C22H17FN2O2S. The van der Waals surface area contributed by atoms with Crippen LogP contribution in [0.25, 0.3) is 17.4 Å². The minimum Gasteiger partial charge on any atom is -0.457 e. The first-order valence-electron chi connectivity index (χ1n) is 8.70. The average Bonchev–Trinajstić information content (AvgIpc) is 3.21. The number of hydrogen-bond acceptors (Lipinski definition) is 4. The third-order valence-corrected chi connectivity index (χ3v) is 5.01. The fourth-order valence-electron chi connectivity index (χ4n) is 2.97. The third kappa shape index (κ3) is 4.07. The molecule has 2 aromatic carbocycles. The van der Waals surface area contributed by atoms with Crippen molar-refractivity contribution in [3.8, 4) is 11.3 Å². The van der Waals surface area contributed by atoms with Gasteiger partial charge in [0.25, 0.3) is 5.91 Å². The van der Waals surface area contributed by atoms with Crippen LogP contribution in [0.5, 0.6) is 0 Å². The van der Waals surface area contributed by atoms with Gasteiger partial charge in [-0.05, 0) is 73.1 Å². The van der Waals surface area contributed by atoms with Gasteiger partial charge in [-0.2, -0.15) is 0 Å². The predicted octanol–water partition coefficient (Wildman–Crippen LogP) is 5.59. The number of thioether (sulfide) groups is 1. The zero-order chi connectivity index (χ0) is 19.7. The molecule has 1 aliphatic heterocycles. The Balaban J connectivity index is 1.56. The van der Waals surface area contributed by atoms with Crippen LogP contribution in [-0.4, -0.2) is 11.1 Å². The maximum atomic E-state index is 13.4. The van der Waals surface area contributed by atoms with E-state index in [0.717, 1.165) is 16.8 Å². The second-order valence-corrected chi connectivity index (χ2v) is 7.57. The molecule has 0 atom stereocenters. The summed E-state index contributed by atoms with van der Waals surface area (Å²) in [6.07, 6.45) is 1.66. The molecule has 28 heavy (non-hydrogen) atoms. The zero-order valence-electron chi connectivity index (χ0n) is 15.3. The highest BCUT2D eigenvalue weighted by molar-refractivity contribution is 8.18. The van der Waals surface area contributed by atoms with Gasteiger partial charge < -0.3 is 9.73 Å². The number of nitrogens with zero attached hydrogens (tertiary/aromatic N) is 1. The SMILES string of the molecule is Cc1cc(C)cc(N=C2NC(=O)/C(=C/c3ccc(-c4cccc(F)c4)o3)S2)c1. The summed E-state index contributed by atoms with van der Waals surface area (Å²) in [6.45, 7) is 4.02. The number of hydrogen-bond donors (Lipinski definition) is 1. The molecule has 140 valence electrons. The number of halogens is 1. The summed E-state index contributed by atoms with van der Waals surface area (Å²) >= 11 is 1.26. The second kappa shape index (κ2) is 7.48. The normalized spacial score (nSPS) is 16.8. The molecular weight excluding hydrogens is 375 g/mol. The summed E-state index contributed by atoms with van der Waals surface area (Å²) < 4.78 is 19.1. The van der Waals surface area contributed by atoms with Crippen molar-refractivity contribution in [2.75, 3.05) is 0 Å². The second-order valence-electron chi connectivity index (χ2n) is 6.54. The Hall–Kier alpha value is -3.12. The number of carbonyl (C=O) groups excluding carboxylic acids is 1. The van der Waals surface area contributed by atoms with Gasteiger partial charge in [-0.1, -0.05) is 18.2 Å². The molecule has 1 aliphatic rings. The number of carbonyl (C=O) groups is 1. The number of aliphatic imine (C=N–C) groups is 1. The van der Waals surface area contributed by atoms with E-state index in [0.29, 0.717) is 27.2 Å². The van der Waals surface area contributed by atoms with E-state index in [1.165, 1.54) is 23.9 Å². The van der Waals surface area contributed by atoms with Crippen LogP contribution in [0.4, 0.5) is 10.1 Å². The Bertz CT molecular complexity index is 1110. The van der Waals surface area contributed by atoms with Gasteiger partial charge in [0.1, 0.15) is 17.3 Å². The lowest BCUT2D eigenvalue weighted by molar-refractivity contribution is -0.115. The van der Waals surface area contributed by atoms with Gasteiger partial charge in [-0.15, -0.1) is 0 Å². The molecule has 0 aliphatic carbocycles. The molecule has 0 bridgehead atoms. The van der Waals surface area contributed by atoms with E-state index < -0.39 is 0 Å². The van der Waals surface area contributed by atoms with E-state index in [2.05, 4.69) is 16.4 Å². The smallest absolute Gasteiger partial charge is 0.264 e. The summed E-state index contributed by atoms with van der Waals surface area (Å²) in [5.74, 6) is 0.507. The summed E-state index contributed by atoms with van der Waals surface area (Å²) in [5, 5.41) is 3.30. The van der Waals surface area contributed by atoms with Gasteiger partial charge in [0.05, 0.1) is 10.6 Å². The highest BCUT2D eigenvalue weighted by Crippen LogP contribution is 2.30. The molecule has 1 saturated heterocycles. The van der Waals surface area contributed by atoms with E-state index in [1.54, 1.807) is 30.3 Å². The van der Waals surface area contributed by atoms with E-state index in [4.69, 9.17) is 4.42 Å². The maximum Gasteiger partial charge on any atom is 0.264 e. The summed E-state index contributed by atoms with van der Waals surface area (Å²) in [4.78, 5) is 17.3. The molecule has 1 amide bonds.